The number of aromatic nitrogens is 2. The molecule has 0 saturated carbocycles. The van der Waals surface area contributed by atoms with Crippen LogP contribution >= 0.6 is 15.9 Å². The van der Waals surface area contributed by atoms with Gasteiger partial charge in [0, 0.05) is 31.9 Å². The molecule has 1 fully saturated rings. The lowest BCUT2D eigenvalue weighted by Gasteiger charge is -2.26. The van der Waals surface area contributed by atoms with Crippen molar-refractivity contribution in [1.29, 1.82) is 0 Å². The highest BCUT2D eigenvalue weighted by atomic mass is 79.9. The van der Waals surface area contributed by atoms with Gasteiger partial charge in [-0.3, -0.25) is 4.90 Å². The van der Waals surface area contributed by atoms with Gasteiger partial charge in [-0.05, 0) is 41.9 Å². The Balaban J connectivity index is 2.08. The Morgan fingerprint density at radius 1 is 1.38 bits per heavy atom. The predicted octanol–water partition coefficient (Wildman–Crippen LogP) is 2.98. The third kappa shape index (κ3) is 4.07. The Bertz CT molecular complexity index is 450. The average molecular weight is 356 g/mol. The van der Waals surface area contributed by atoms with E-state index in [1.807, 2.05) is 6.20 Å². The summed E-state index contributed by atoms with van der Waals surface area (Å²) >= 11 is 3.59. The van der Waals surface area contributed by atoms with Gasteiger partial charge in [0.05, 0.1) is 4.47 Å². The van der Waals surface area contributed by atoms with Crippen molar-refractivity contribution in [3.63, 3.8) is 0 Å². The molecule has 0 bridgehead atoms. The van der Waals surface area contributed by atoms with Crippen molar-refractivity contribution in [1.82, 2.24) is 14.9 Å². The second-order valence-corrected chi connectivity index (χ2v) is 6.26. The van der Waals surface area contributed by atoms with Gasteiger partial charge in [0.2, 0.25) is 5.95 Å². The van der Waals surface area contributed by atoms with E-state index in [1.165, 1.54) is 6.42 Å². The molecule has 5 nitrogen and oxygen atoms in total. The maximum Gasteiger partial charge on any atom is 0.224 e. The molecule has 0 aliphatic carbocycles. The largest absolute Gasteiger partial charge is 0.354 e. The maximum absolute atomic E-state index is 4.68. The summed E-state index contributed by atoms with van der Waals surface area (Å²) in [5, 5.41) is 3.26. The van der Waals surface area contributed by atoms with Gasteiger partial charge in [-0.25, -0.2) is 4.98 Å². The summed E-state index contributed by atoms with van der Waals surface area (Å²) in [6.07, 6.45) is 4.13. The van der Waals surface area contributed by atoms with Gasteiger partial charge < -0.3 is 10.2 Å². The molecule has 6 heteroatoms. The minimum absolute atomic E-state index is 0.633. The van der Waals surface area contributed by atoms with E-state index in [0.29, 0.717) is 6.04 Å². The van der Waals surface area contributed by atoms with Crippen molar-refractivity contribution in [3.05, 3.63) is 10.7 Å². The van der Waals surface area contributed by atoms with E-state index in [2.05, 4.69) is 61.8 Å². The topological polar surface area (TPSA) is 44.3 Å². The lowest BCUT2D eigenvalue weighted by molar-refractivity contribution is 0.232. The SMILES string of the molecule is CCCNc1ncc(Br)c(N2CCC(N(CC)CC)C2)n1. The molecule has 1 N–H and O–H groups in total. The lowest BCUT2D eigenvalue weighted by atomic mass is 10.2. The molecule has 0 amide bonds. The summed E-state index contributed by atoms with van der Waals surface area (Å²) in [5.41, 5.74) is 0. The van der Waals surface area contributed by atoms with Gasteiger partial charge >= 0.3 is 0 Å². The van der Waals surface area contributed by atoms with Crippen LogP contribution in [0.3, 0.4) is 0 Å². The molecule has 21 heavy (non-hydrogen) atoms. The van der Waals surface area contributed by atoms with Crippen molar-refractivity contribution in [3.8, 4) is 0 Å². The fraction of sp³-hybridized carbons (Fsp3) is 0.733. The van der Waals surface area contributed by atoms with Crippen LogP contribution in [0.15, 0.2) is 10.7 Å². The van der Waals surface area contributed by atoms with Crippen molar-refractivity contribution in [2.75, 3.05) is 42.9 Å². The van der Waals surface area contributed by atoms with Crippen LogP contribution in [0.2, 0.25) is 0 Å². The minimum Gasteiger partial charge on any atom is -0.354 e. The normalized spacial score (nSPS) is 18.5. The van der Waals surface area contributed by atoms with Crippen molar-refractivity contribution in [2.45, 2.75) is 39.7 Å². The maximum atomic E-state index is 4.68. The van der Waals surface area contributed by atoms with E-state index >= 15 is 0 Å². The summed E-state index contributed by atoms with van der Waals surface area (Å²) in [7, 11) is 0. The third-order valence-corrected chi connectivity index (χ3v) is 4.61. The molecule has 1 aromatic rings. The number of nitrogens with one attached hydrogen (secondary N) is 1. The Morgan fingerprint density at radius 2 is 2.14 bits per heavy atom. The summed E-state index contributed by atoms with van der Waals surface area (Å²) in [6.45, 7) is 11.9. The number of likely N-dealkylation sites (N-methyl/N-ethyl adjacent to an activating group) is 1. The Labute approximate surface area is 136 Å². The first kappa shape index (κ1) is 16.5. The highest BCUT2D eigenvalue weighted by Crippen LogP contribution is 2.28. The summed E-state index contributed by atoms with van der Waals surface area (Å²) in [6, 6.07) is 0.633. The van der Waals surface area contributed by atoms with Crippen molar-refractivity contribution >= 4 is 27.7 Å². The van der Waals surface area contributed by atoms with E-state index in [-0.39, 0.29) is 0 Å². The van der Waals surface area contributed by atoms with E-state index in [0.717, 1.165) is 55.4 Å². The first-order valence-corrected chi connectivity index (χ1v) is 8.74. The smallest absolute Gasteiger partial charge is 0.224 e. The molecule has 1 aliphatic heterocycles. The molecule has 1 unspecified atom stereocenters. The zero-order valence-corrected chi connectivity index (χ0v) is 14.9. The molecule has 0 spiro atoms. The zero-order chi connectivity index (χ0) is 15.2. The summed E-state index contributed by atoms with van der Waals surface area (Å²) < 4.78 is 0.977. The standard InChI is InChI=1S/C15H26BrN5/c1-4-8-17-15-18-10-13(16)14(19-15)21-9-7-12(11-21)20(5-2)6-3/h10,12H,4-9,11H2,1-3H3,(H,17,18,19). The van der Waals surface area contributed by atoms with E-state index in [9.17, 15) is 0 Å². The summed E-state index contributed by atoms with van der Waals surface area (Å²) in [4.78, 5) is 13.9. The number of halogens is 1. The highest BCUT2D eigenvalue weighted by Gasteiger charge is 2.28. The first-order chi connectivity index (χ1) is 10.2. The molecular weight excluding hydrogens is 330 g/mol. The fourth-order valence-corrected chi connectivity index (χ4v) is 3.32. The monoisotopic (exact) mass is 355 g/mol. The molecule has 1 atom stereocenters. The number of rotatable bonds is 7. The molecule has 1 aromatic heterocycles. The van der Waals surface area contributed by atoms with Gasteiger partial charge in [0.15, 0.2) is 0 Å². The molecular formula is C15H26BrN5. The zero-order valence-electron chi connectivity index (χ0n) is 13.3. The van der Waals surface area contributed by atoms with Crippen LogP contribution in [0.4, 0.5) is 11.8 Å². The van der Waals surface area contributed by atoms with Crippen LogP contribution in [0.5, 0.6) is 0 Å². The molecule has 0 radical (unpaired) electrons. The first-order valence-electron chi connectivity index (χ1n) is 7.94. The van der Waals surface area contributed by atoms with Gasteiger partial charge in [0.25, 0.3) is 0 Å². The second kappa shape index (κ2) is 7.94. The van der Waals surface area contributed by atoms with Crippen LogP contribution in [0.1, 0.15) is 33.6 Å². The van der Waals surface area contributed by atoms with Gasteiger partial charge in [0.1, 0.15) is 5.82 Å². The van der Waals surface area contributed by atoms with Crippen LogP contribution in [-0.4, -0.2) is 53.6 Å². The molecule has 118 valence electrons. The average Bonchev–Trinajstić information content (AvgIpc) is 2.97. The lowest BCUT2D eigenvalue weighted by Crippen LogP contribution is -2.37. The van der Waals surface area contributed by atoms with E-state index in [4.69, 9.17) is 0 Å². The number of anilines is 2. The molecule has 1 aliphatic rings. The van der Waals surface area contributed by atoms with Crippen LogP contribution < -0.4 is 10.2 Å². The van der Waals surface area contributed by atoms with Crippen molar-refractivity contribution < 1.29 is 0 Å². The third-order valence-electron chi connectivity index (χ3n) is 4.05. The Hall–Kier alpha value is -0.880. The van der Waals surface area contributed by atoms with Gasteiger partial charge in [-0.1, -0.05) is 20.8 Å². The minimum atomic E-state index is 0.633. The van der Waals surface area contributed by atoms with Crippen LogP contribution in [0, 0.1) is 0 Å². The number of nitrogens with zero attached hydrogens (tertiary/aromatic N) is 4. The van der Waals surface area contributed by atoms with Crippen LogP contribution in [0.25, 0.3) is 0 Å². The van der Waals surface area contributed by atoms with E-state index in [1.54, 1.807) is 0 Å². The molecule has 0 aromatic carbocycles. The summed E-state index contributed by atoms with van der Waals surface area (Å²) in [5.74, 6) is 1.74. The van der Waals surface area contributed by atoms with E-state index < -0.39 is 0 Å². The van der Waals surface area contributed by atoms with Crippen LogP contribution in [-0.2, 0) is 0 Å². The second-order valence-electron chi connectivity index (χ2n) is 5.40. The van der Waals surface area contributed by atoms with Crippen molar-refractivity contribution in [2.24, 2.45) is 0 Å². The molecule has 2 rings (SSSR count). The number of hydrogen-bond donors (Lipinski definition) is 1. The number of hydrogen-bond acceptors (Lipinski definition) is 5. The van der Waals surface area contributed by atoms with Gasteiger partial charge in [-0.15, -0.1) is 0 Å². The highest BCUT2D eigenvalue weighted by molar-refractivity contribution is 9.10. The Morgan fingerprint density at radius 3 is 2.81 bits per heavy atom. The van der Waals surface area contributed by atoms with Gasteiger partial charge in [-0.2, -0.15) is 4.98 Å². The fourth-order valence-electron chi connectivity index (χ4n) is 2.87. The predicted molar refractivity (Wildman–Crippen MR) is 92.1 cm³/mol. The Kier molecular flexibility index (Phi) is 6.23. The quantitative estimate of drug-likeness (QED) is 0.814. The molecule has 2 heterocycles. The molecule has 1 saturated heterocycles.